The van der Waals surface area contributed by atoms with Gasteiger partial charge in [-0.15, -0.1) is 0 Å². The average molecular weight is 554 g/mol. The van der Waals surface area contributed by atoms with Crippen LogP contribution in [-0.2, 0) is 0 Å². The van der Waals surface area contributed by atoms with E-state index in [4.69, 9.17) is 0 Å². The molecule has 0 aromatic heterocycles. The van der Waals surface area contributed by atoms with E-state index in [1.807, 2.05) is 0 Å². The summed E-state index contributed by atoms with van der Waals surface area (Å²) in [7, 11) is 0. The van der Waals surface area contributed by atoms with Crippen LogP contribution in [0.25, 0.3) is 17.3 Å². The predicted octanol–water partition coefficient (Wildman–Crippen LogP) is 10.3. The number of para-hydroxylation sites is 1. The molecule has 0 bridgehead atoms. The van der Waals surface area contributed by atoms with Crippen molar-refractivity contribution < 1.29 is 0 Å². The van der Waals surface area contributed by atoms with E-state index in [2.05, 4.69) is 169 Å². The Morgan fingerprint density at radius 2 is 1.37 bits per heavy atom. The van der Waals surface area contributed by atoms with Crippen LogP contribution in [0.5, 0.6) is 0 Å². The number of hydrogen-bond donors (Lipinski definition) is 0. The average Bonchev–Trinajstić information content (AvgIpc) is 3.09. The highest BCUT2D eigenvalue weighted by atomic mass is 15.2. The van der Waals surface area contributed by atoms with E-state index in [1.54, 1.807) is 0 Å². The van der Waals surface area contributed by atoms with Gasteiger partial charge in [-0.1, -0.05) is 152 Å². The second-order valence-electron chi connectivity index (χ2n) is 11.9. The molecule has 8 rings (SSSR count). The highest BCUT2D eigenvalue weighted by molar-refractivity contribution is 5.87. The van der Waals surface area contributed by atoms with E-state index in [-0.39, 0.29) is 5.92 Å². The second kappa shape index (κ2) is 11.1. The van der Waals surface area contributed by atoms with Gasteiger partial charge in [0.25, 0.3) is 0 Å². The molecule has 0 amide bonds. The van der Waals surface area contributed by atoms with Crippen LogP contribution in [0.1, 0.15) is 58.1 Å². The Hall–Kier alpha value is -4.88. The summed E-state index contributed by atoms with van der Waals surface area (Å²) in [5, 5.41) is 0. The summed E-state index contributed by atoms with van der Waals surface area (Å²) in [5.74, 6) is 1.01. The lowest BCUT2D eigenvalue weighted by Crippen LogP contribution is -2.35. The fourth-order valence-corrected chi connectivity index (χ4v) is 7.47. The van der Waals surface area contributed by atoms with Gasteiger partial charge in [0.05, 0.1) is 6.04 Å². The summed E-state index contributed by atoms with van der Waals surface area (Å²) in [6.07, 6.45) is 25.8. The lowest BCUT2D eigenvalue weighted by atomic mass is 9.67. The maximum Gasteiger partial charge on any atom is 0.0559 e. The zero-order valence-corrected chi connectivity index (χ0v) is 24.3. The van der Waals surface area contributed by atoms with Crippen molar-refractivity contribution >= 4 is 23.0 Å². The molecule has 4 aliphatic rings. The van der Waals surface area contributed by atoms with Gasteiger partial charge in [-0.3, -0.25) is 0 Å². The molecular weight excluding hydrogens is 518 g/mol. The minimum absolute atomic E-state index is 0.276. The van der Waals surface area contributed by atoms with Gasteiger partial charge in [0.2, 0.25) is 0 Å². The van der Waals surface area contributed by atoms with Crippen LogP contribution in [0.3, 0.4) is 0 Å². The van der Waals surface area contributed by atoms with Crippen molar-refractivity contribution in [1.29, 1.82) is 0 Å². The maximum atomic E-state index is 2.57. The Morgan fingerprint density at radius 1 is 0.651 bits per heavy atom. The summed E-state index contributed by atoms with van der Waals surface area (Å²) < 4.78 is 0. The Balaban J connectivity index is 1.24. The molecule has 1 heteroatoms. The summed E-state index contributed by atoms with van der Waals surface area (Å²) in [6, 6.07) is 37.7. The molecule has 208 valence electrons. The van der Waals surface area contributed by atoms with Gasteiger partial charge < -0.3 is 4.90 Å². The van der Waals surface area contributed by atoms with Gasteiger partial charge >= 0.3 is 0 Å². The third-order valence-electron chi connectivity index (χ3n) is 9.44. The Morgan fingerprint density at radius 3 is 2.07 bits per heavy atom. The molecule has 4 aromatic carbocycles. The zero-order valence-electron chi connectivity index (χ0n) is 24.3. The molecule has 0 spiro atoms. The third-order valence-corrected chi connectivity index (χ3v) is 9.44. The number of benzene rings is 4. The highest BCUT2D eigenvalue weighted by Gasteiger charge is 2.36. The first-order valence-corrected chi connectivity index (χ1v) is 15.6. The van der Waals surface area contributed by atoms with E-state index >= 15 is 0 Å². The molecule has 0 saturated heterocycles. The summed E-state index contributed by atoms with van der Waals surface area (Å²) in [5.41, 5.74) is 12.2. The predicted molar refractivity (Wildman–Crippen MR) is 182 cm³/mol. The topological polar surface area (TPSA) is 3.24 Å². The first-order chi connectivity index (χ1) is 21.3. The standard InChI is InChI=1S/C42H35N/c1-5-13-30(14-6-1)39(31-15-7-2-8-16-31)29-34-22-21-32-24-27-38-40(28-25-33-23-26-37(34)41(32)42(33)38)43(35-17-9-3-10-18-35)36-19-11-4-12-20-36/h1-19,21-24,26-29,33-34,36-37H,20,25H2. The Kier molecular flexibility index (Phi) is 6.65. The second-order valence-corrected chi connectivity index (χ2v) is 11.9. The minimum Gasteiger partial charge on any atom is -0.334 e. The quantitative estimate of drug-likeness (QED) is 0.215. The fraction of sp³-hybridized carbons (Fsp3) is 0.143. The highest BCUT2D eigenvalue weighted by Crippen LogP contribution is 2.51. The SMILES string of the molecule is C1=CCC(N(C2=CCC3C=CC4c5c(ccc2c53)C=CC4C=C(c2ccccc2)c2ccccc2)c2ccccc2)C=C1. The minimum atomic E-state index is 0.276. The van der Waals surface area contributed by atoms with Crippen LogP contribution >= 0.6 is 0 Å². The normalized spacial score (nSPS) is 22.5. The van der Waals surface area contributed by atoms with Crippen molar-refractivity contribution in [2.24, 2.45) is 5.92 Å². The van der Waals surface area contributed by atoms with Gasteiger partial charge in [-0.25, -0.2) is 0 Å². The van der Waals surface area contributed by atoms with E-state index in [9.17, 15) is 0 Å². The van der Waals surface area contributed by atoms with Gasteiger partial charge in [-0.2, -0.15) is 0 Å². The molecule has 4 aliphatic carbocycles. The van der Waals surface area contributed by atoms with Gasteiger partial charge in [-0.05, 0) is 58.4 Å². The summed E-state index contributed by atoms with van der Waals surface area (Å²) >= 11 is 0. The van der Waals surface area contributed by atoms with Crippen molar-refractivity contribution in [3.05, 3.63) is 191 Å². The molecule has 0 aliphatic heterocycles. The van der Waals surface area contributed by atoms with Crippen LogP contribution in [-0.4, -0.2) is 6.04 Å². The molecule has 0 N–H and O–H groups in total. The first kappa shape index (κ1) is 25.8. The lowest BCUT2D eigenvalue weighted by Gasteiger charge is -2.41. The van der Waals surface area contributed by atoms with Crippen molar-refractivity contribution in [1.82, 2.24) is 0 Å². The first-order valence-electron chi connectivity index (χ1n) is 15.6. The smallest absolute Gasteiger partial charge is 0.0559 e. The lowest BCUT2D eigenvalue weighted by molar-refractivity contribution is 0.652. The summed E-state index contributed by atoms with van der Waals surface area (Å²) in [4.78, 5) is 2.57. The third kappa shape index (κ3) is 4.66. The van der Waals surface area contributed by atoms with Crippen LogP contribution in [0.15, 0.2) is 158 Å². The molecule has 4 unspecified atom stereocenters. The summed E-state index contributed by atoms with van der Waals surface area (Å²) in [6.45, 7) is 0. The monoisotopic (exact) mass is 553 g/mol. The van der Waals surface area contributed by atoms with Crippen LogP contribution < -0.4 is 4.90 Å². The number of hydrogen-bond acceptors (Lipinski definition) is 1. The Labute approximate surface area is 255 Å². The molecule has 4 aromatic rings. The number of allylic oxidation sites excluding steroid dienone is 7. The molecule has 43 heavy (non-hydrogen) atoms. The van der Waals surface area contributed by atoms with Crippen molar-refractivity contribution in [3.63, 3.8) is 0 Å². The van der Waals surface area contributed by atoms with Crippen LogP contribution in [0, 0.1) is 5.92 Å². The number of rotatable bonds is 6. The molecule has 4 atom stereocenters. The van der Waals surface area contributed by atoms with E-state index in [0.717, 1.165) is 12.8 Å². The molecule has 0 heterocycles. The largest absolute Gasteiger partial charge is 0.334 e. The van der Waals surface area contributed by atoms with Gasteiger partial charge in [0.15, 0.2) is 0 Å². The van der Waals surface area contributed by atoms with Crippen LogP contribution in [0.2, 0.25) is 0 Å². The zero-order chi connectivity index (χ0) is 28.6. The molecule has 1 nitrogen and oxygen atoms in total. The van der Waals surface area contributed by atoms with E-state index in [1.165, 1.54) is 50.3 Å². The van der Waals surface area contributed by atoms with E-state index in [0.29, 0.717) is 17.9 Å². The molecule has 0 radical (unpaired) electrons. The Bertz CT molecular complexity index is 1780. The van der Waals surface area contributed by atoms with Gasteiger partial charge in [0, 0.05) is 34.7 Å². The van der Waals surface area contributed by atoms with Crippen molar-refractivity contribution in [2.45, 2.75) is 30.7 Å². The molecule has 0 saturated carbocycles. The van der Waals surface area contributed by atoms with Crippen LogP contribution in [0.4, 0.5) is 5.69 Å². The molecular formula is C42H35N. The number of anilines is 1. The van der Waals surface area contributed by atoms with Crippen molar-refractivity contribution in [3.8, 4) is 0 Å². The van der Waals surface area contributed by atoms with Crippen molar-refractivity contribution in [2.75, 3.05) is 4.90 Å². The van der Waals surface area contributed by atoms with Gasteiger partial charge in [0.1, 0.15) is 0 Å². The van der Waals surface area contributed by atoms with E-state index < -0.39 is 0 Å². The fourth-order valence-electron chi connectivity index (χ4n) is 7.47. The maximum absolute atomic E-state index is 2.57. The molecule has 0 fully saturated rings. The number of nitrogens with zero attached hydrogens (tertiary/aromatic N) is 1.